The van der Waals surface area contributed by atoms with Crippen LogP contribution in [0.3, 0.4) is 0 Å². The van der Waals surface area contributed by atoms with Gasteiger partial charge in [0.25, 0.3) is 5.91 Å². The van der Waals surface area contributed by atoms with E-state index in [1.807, 2.05) is 20.8 Å². The monoisotopic (exact) mass is 393 g/mol. The highest BCUT2D eigenvalue weighted by Crippen LogP contribution is 2.40. The average molecular weight is 394 g/mol. The van der Waals surface area contributed by atoms with Crippen LogP contribution in [0.4, 0.5) is 0 Å². The molecular weight excluding hydrogens is 370 g/mol. The normalized spacial score (nSPS) is 22.0. The summed E-state index contributed by atoms with van der Waals surface area (Å²) in [5.41, 5.74) is 1.84. The van der Waals surface area contributed by atoms with Gasteiger partial charge in [0.15, 0.2) is 9.84 Å². The Morgan fingerprint density at radius 3 is 2.54 bits per heavy atom. The number of thiophene rings is 1. The summed E-state index contributed by atoms with van der Waals surface area (Å²) in [5.74, 6) is 1.52. The number of aryl methyl sites for hydroxylation is 2. The van der Waals surface area contributed by atoms with Crippen molar-refractivity contribution >= 4 is 37.3 Å². The third-order valence-electron chi connectivity index (χ3n) is 5.38. The molecule has 1 aliphatic heterocycles. The molecule has 1 atom stereocenters. The van der Waals surface area contributed by atoms with Crippen molar-refractivity contribution in [1.29, 1.82) is 0 Å². The van der Waals surface area contributed by atoms with E-state index in [4.69, 9.17) is 4.98 Å². The number of sulfone groups is 1. The van der Waals surface area contributed by atoms with Crippen LogP contribution in [-0.2, 0) is 9.84 Å². The topological polar surface area (TPSA) is 80.2 Å². The first-order valence-corrected chi connectivity index (χ1v) is 11.7. The molecular formula is C18H23N3O3S2. The van der Waals surface area contributed by atoms with E-state index >= 15 is 0 Å². The number of carbonyl (C=O) groups excluding carboxylic acids is 1. The Morgan fingerprint density at radius 2 is 1.96 bits per heavy atom. The van der Waals surface area contributed by atoms with Crippen molar-refractivity contribution in [3.05, 3.63) is 22.0 Å². The summed E-state index contributed by atoms with van der Waals surface area (Å²) in [7, 11) is -3.03. The van der Waals surface area contributed by atoms with Gasteiger partial charge in [-0.15, -0.1) is 11.3 Å². The summed E-state index contributed by atoms with van der Waals surface area (Å²) >= 11 is 1.42. The molecule has 4 rings (SSSR count). The second-order valence-electron chi connectivity index (χ2n) is 7.33. The van der Waals surface area contributed by atoms with Gasteiger partial charge in [0.05, 0.1) is 22.1 Å². The predicted octanol–water partition coefficient (Wildman–Crippen LogP) is 2.83. The van der Waals surface area contributed by atoms with Gasteiger partial charge in [0, 0.05) is 23.9 Å². The molecule has 6 nitrogen and oxygen atoms in total. The van der Waals surface area contributed by atoms with E-state index in [2.05, 4.69) is 4.98 Å². The van der Waals surface area contributed by atoms with E-state index in [1.54, 1.807) is 4.90 Å². The van der Waals surface area contributed by atoms with Gasteiger partial charge >= 0.3 is 0 Å². The number of hydrogen-bond donors (Lipinski definition) is 0. The average Bonchev–Trinajstić information content (AvgIpc) is 3.29. The maximum atomic E-state index is 13.2. The summed E-state index contributed by atoms with van der Waals surface area (Å²) in [6.45, 7) is 6.33. The number of rotatable bonds is 4. The Morgan fingerprint density at radius 1 is 1.23 bits per heavy atom. The van der Waals surface area contributed by atoms with E-state index in [0.717, 1.165) is 40.1 Å². The first-order chi connectivity index (χ1) is 12.3. The molecule has 2 aliphatic rings. The number of carbonyl (C=O) groups is 1. The van der Waals surface area contributed by atoms with E-state index in [9.17, 15) is 13.2 Å². The quantitative estimate of drug-likeness (QED) is 0.798. The van der Waals surface area contributed by atoms with Crippen LogP contribution in [0.1, 0.15) is 58.9 Å². The molecule has 0 radical (unpaired) electrons. The van der Waals surface area contributed by atoms with Gasteiger partial charge in [-0.05, 0) is 45.6 Å². The maximum Gasteiger partial charge on any atom is 0.264 e. The molecule has 26 heavy (non-hydrogen) atoms. The van der Waals surface area contributed by atoms with Crippen molar-refractivity contribution in [1.82, 2.24) is 14.9 Å². The third-order valence-corrected chi connectivity index (χ3v) is 8.30. The van der Waals surface area contributed by atoms with E-state index < -0.39 is 9.84 Å². The highest BCUT2D eigenvalue weighted by Gasteiger charge is 2.35. The van der Waals surface area contributed by atoms with Crippen LogP contribution in [0.15, 0.2) is 0 Å². The minimum atomic E-state index is -3.03. The minimum absolute atomic E-state index is 0.0706. The lowest BCUT2D eigenvalue weighted by molar-refractivity contribution is 0.0713. The lowest BCUT2D eigenvalue weighted by atomic mass is 10.1. The standard InChI is InChI=1S/C18H23N3O3S2/c1-4-21(13-7-8-26(23,24)9-13)18(22)15-10(2)14-11(3)19-16(12-5-6-12)20-17(14)25-15/h12-13H,4-9H2,1-3H3/t13-/m0/s1. The number of aromatic nitrogens is 2. The van der Waals surface area contributed by atoms with Crippen molar-refractivity contribution in [2.24, 2.45) is 0 Å². The minimum Gasteiger partial charge on any atom is -0.334 e. The molecule has 1 saturated heterocycles. The van der Waals surface area contributed by atoms with Crippen LogP contribution in [0, 0.1) is 13.8 Å². The largest absolute Gasteiger partial charge is 0.334 e. The molecule has 2 fully saturated rings. The van der Waals surface area contributed by atoms with Crippen molar-refractivity contribution < 1.29 is 13.2 Å². The first kappa shape index (κ1) is 17.9. The summed E-state index contributed by atoms with van der Waals surface area (Å²) < 4.78 is 23.7. The molecule has 3 heterocycles. The van der Waals surface area contributed by atoms with Gasteiger partial charge in [-0.25, -0.2) is 18.4 Å². The van der Waals surface area contributed by atoms with Crippen molar-refractivity contribution in [3.8, 4) is 0 Å². The Bertz CT molecular complexity index is 993. The Kier molecular flexibility index (Phi) is 4.30. The molecule has 140 valence electrons. The van der Waals surface area contributed by atoms with Gasteiger partial charge in [-0.3, -0.25) is 4.79 Å². The van der Waals surface area contributed by atoms with Crippen LogP contribution in [0.2, 0.25) is 0 Å². The van der Waals surface area contributed by atoms with Gasteiger partial charge < -0.3 is 4.90 Å². The van der Waals surface area contributed by atoms with Crippen LogP contribution < -0.4 is 0 Å². The molecule has 0 aromatic carbocycles. The second kappa shape index (κ2) is 6.27. The molecule has 0 unspecified atom stereocenters. The van der Waals surface area contributed by atoms with Gasteiger partial charge in [0.2, 0.25) is 0 Å². The van der Waals surface area contributed by atoms with Crippen LogP contribution in [0.5, 0.6) is 0 Å². The Hall–Kier alpha value is -1.54. The number of hydrogen-bond acceptors (Lipinski definition) is 6. The second-order valence-corrected chi connectivity index (χ2v) is 10.6. The lowest BCUT2D eigenvalue weighted by Crippen LogP contribution is -2.40. The van der Waals surface area contributed by atoms with Crippen LogP contribution in [-0.4, -0.2) is 53.3 Å². The summed E-state index contributed by atoms with van der Waals surface area (Å²) in [6.07, 6.45) is 2.80. The fourth-order valence-electron chi connectivity index (χ4n) is 3.81. The molecule has 0 bridgehead atoms. The SMILES string of the molecule is CCN(C(=O)c1sc2nc(C3CC3)nc(C)c2c1C)[C@H]1CCS(=O)(=O)C1. The zero-order valence-corrected chi connectivity index (χ0v) is 16.9. The number of amides is 1. The maximum absolute atomic E-state index is 13.2. The summed E-state index contributed by atoms with van der Waals surface area (Å²) in [6, 6.07) is -0.226. The smallest absolute Gasteiger partial charge is 0.264 e. The number of nitrogens with zero attached hydrogens (tertiary/aromatic N) is 3. The summed E-state index contributed by atoms with van der Waals surface area (Å²) in [4.78, 5) is 25.8. The zero-order valence-electron chi connectivity index (χ0n) is 15.3. The predicted molar refractivity (Wildman–Crippen MR) is 103 cm³/mol. The first-order valence-electron chi connectivity index (χ1n) is 9.09. The molecule has 1 saturated carbocycles. The molecule has 8 heteroatoms. The molecule has 0 N–H and O–H groups in total. The van der Waals surface area contributed by atoms with Crippen molar-refractivity contribution in [2.45, 2.75) is 52.0 Å². The lowest BCUT2D eigenvalue weighted by Gasteiger charge is -2.26. The van der Waals surface area contributed by atoms with E-state index in [1.165, 1.54) is 11.3 Å². The number of fused-ring (bicyclic) bond motifs is 1. The molecule has 1 amide bonds. The molecule has 1 aliphatic carbocycles. The fourth-order valence-corrected chi connectivity index (χ4v) is 6.73. The van der Waals surface area contributed by atoms with Gasteiger partial charge in [0.1, 0.15) is 10.7 Å². The highest BCUT2D eigenvalue weighted by atomic mass is 32.2. The van der Waals surface area contributed by atoms with E-state index in [-0.39, 0.29) is 23.5 Å². The molecule has 2 aromatic heterocycles. The highest BCUT2D eigenvalue weighted by molar-refractivity contribution is 7.91. The Labute approximate surface area is 157 Å². The fraction of sp³-hybridized carbons (Fsp3) is 0.611. The molecule has 2 aromatic rings. The van der Waals surface area contributed by atoms with E-state index in [0.29, 0.717) is 23.8 Å². The zero-order chi connectivity index (χ0) is 18.6. The summed E-state index contributed by atoms with van der Waals surface area (Å²) in [5, 5.41) is 0.970. The van der Waals surface area contributed by atoms with Crippen molar-refractivity contribution in [3.63, 3.8) is 0 Å². The van der Waals surface area contributed by atoms with Crippen molar-refractivity contribution in [2.75, 3.05) is 18.1 Å². The third kappa shape index (κ3) is 3.03. The van der Waals surface area contributed by atoms with Gasteiger partial charge in [-0.1, -0.05) is 0 Å². The van der Waals surface area contributed by atoms with Crippen LogP contribution >= 0.6 is 11.3 Å². The molecule has 0 spiro atoms. The van der Waals surface area contributed by atoms with Crippen LogP contribution in [0.25, 0.3) is 10.2 Å². The van der Waals surface area contributed by atoms with Gasteiger partial charge in [-0.2, -0.15) is 0 Å². The Balaban J connectivity index is 1.72.